The molecule has 0 fully saturated rings. The molecule has 0 spiro atoms. The molecule has 0 aliphatic carbocycles. The Balaban J connectivity index is 2.89. The van der Waals surface area contributed by atoms with Gasteiger partial charge in [0.2, 0.25) is 0 Å². The first-order valence-corrected chi connectivity index (χ1v) is 7.31. The molecule has 0 atom stereocenters. The Kier molecular flexibility index (Phi) is 7.33. The Morgan fingerprint density at radius 3 is 1.68 bits per heavy atom. The quantitative estimate of drug-likeness (QED) is 0.366. The lowest BCUT2D eigenvalue weighted by atomic mass is 10.2. The molecule has 0 aliphatic heterocycles. The average Bonchev–Trinajstić information content (AvgIpc) is 2.56. The van der Waals surface area contributed by atoms with Gasteiger partial charge in [0.05, 0.1) is 22.8 Å². The van der Waals surface area contributed by atoms with E-state index in [4.69, 9.17) is 24.4 Å². The fourth-order valence-corrected chi connectivity index (χ4v) is 1.42. The number of hydrazone groups is 2. The molecule has 0 saturated carbocycles. The SMILES string of the molecule is CNC(=S)N/N=C(\C)c1cccc(/C(C)=N/NC(=S)NC)n1. The van der Waals surface area contributed by atoms with Crippen molar-refractivity contribution in [2.75, 3.05) is 14.1 Å². The molecule has 118 valence electrons. The number of pyridine rings is 1. The van der Waals surface area contributed by atoms with Crippen LogP contribution in [-0.2, 0) is 0 Å². The fourth-order valence-electron chi connectivity index (χ4n) is 1.33. The molecular formula is C13H19N7S2. The molecule has 1 heterocycles. The minimum Gasteiger partial charge on any atom is -0.364 e. The Bertz CT molecular complexity index is 561. The highest BCUT2D eigenvalue weighted by molar-refractivity contribution is 7.80. The van der Waals surface area contributed by atoms with Crippen LogP contribution < -0.4 is 21.5 Å². The summed E-state index contributed by atoms with van der Waals surface area (Å²) in [6.45, 7) is 3.69. The summed E-state index contributed by atoms with van der Waals surface area (Å²) in [5, 5.41) is 14.8. The van der Waals surface area contributed by atoms with Crippen LogP contribution in [0.4, 0.5) is 0 Å². The molecule has 0 aromatic carbocycles. The highest BCUT2D eigenvalue weighted by Gasteiger charge is 2.04. The van der Waals surface area contributed by atoms with Crippen LogP contribution >= 0.6 is 24.4 Å². The van der Waals surface area contributed by atoms with Crippen LogP contribution in [-0.4, -0.2) is 40.7 Å². The monoisotopic (exact) mass is 337 g/mol. The maximum Gasteiger partial charge on any atom is 0.186 e. The molecule has 1 rings (SSSR count). The van der Waals surface area contributed by atoms with Gasteiger partial charge in [0.1, 0.15) is 0 Å². The minimum absolute atomic E-state index is 0.443. The smallest absolute Gasteiger partial charge is 0.186 e. The predicted molar refractivity (Wildman–Crippen MR) is 98.2 cm³/mol. The van der Waals surface area contributed by atoms with E-state index in [1.165, 1.54) is 0 Å². The normalized spacial score (nSPS) is 11.6. The van der Waals surface area contributed by atoms with Crippen molar-refractivity contribution >= 4 is 46.1 Å². The highest BCUT2D eigenvalue weighted by atomic mass is 32.1. The molecule has 7 nitrogen and oxygen atoms in total. The van der Waals surface area contributed by atoms with Crippen molar-refractivity contribution in [2.45, 2.75) is 13.8 Å². The van der Waals surface area contributed by atoms with Gasteiger partial charge in [-0.3, -0.25) is 10.9 Å². The molecule has 0 saturated heterocycles. The van der Waals surface area contributed by atoms with Gasteiger partial charge >= 0.3 is 0 Å². The van der Waals surface area contributed by atoms with Crippen molar-refractivity contribution in [2.24, 2.45) is 10.2 Å². The number of nitrogens with zero attached hydrogens (tertiary/aromatic N) is 3. The van der Waals surface area contributed by atoms with E-state index < -0.39 is 0 Å². The lowest BCUT2D eigenvalue weighted by Gasteiger charge is -2.06. The second-order valence-corrected chi connectivity index (χ2v) is 5.00. The molecular weight excluding hydrogens is 318 g/mol. The second-order valence-electron chi connectivity index (χ2n) is 4.18. The third-order valence-corrected chi connectivity index (χ3v) is 3.19. The second kappa shape index (κ2) is 9.00. The largest absolute Gasteiger partial charge is 0.364 e. The third-order valence-electron chi connectivity index (χ3n) is 2.59. The van der Waals surface area contributed by atoms with Crippen molar-refractivity contribution in [3.05, 3.63) is 29.6 Å². The highest BCUT2D eigenvalue weighted by Crippen LogP contribution is 2.02. The molecule has 9 heteroatoms. The van der Waals surface area contributed by atoms with Crippen molar-refractivity contribution in [3.63, 3.8) is 0 Å². The summed E-state index contributed by atoms with van der Waals surface area (Å²) >= 11 is 9.93. The molecule has 22 heavy (non-hydrogen) atoms. The standard InChI is InChI=1S/C13H19N7S2/c1-8(17-19-12(21)14-3)10-6-5-7-11(16-10)9(2)18-20-13(22)15-4/h5-7H,1-4H3,(H2,14,19,21)(H2,15,20,22)/b17-8+,18-9+. The van der Waals surface area contributed by atoms with Gasteiger partial charge in [0.15, 0.2) is 10.2 Å². The van der Waals surface area contributed by atoms with Gasteiger partial charge in [-0.1, -0.05) is 6.07 Å². The van der Waals surface area contributed by atoms with Gasteiger partial charge in [-0.05, 0) is 50.4 Å². The van der Waals surface area contributed by atoms with Gasteiger partial charge in [0, 0.05) is 14.1 Å². The zero-order chi connectivity index (χ0) is 16.5. The first kappa shape index (κ1) is 17.9. The van der Waals surface area contributed by atoms with E-state index >= 15 is 0 Å². The van der Waals surface area contributed by atoms with Crippen LogP contribution in [0.3, 0.4) is 0 Å². The summed E-state index contributed by atoms with van der Waals surface area (Å²) in [6.07, 6.45) is 0. The number of aromatic nitrogens is 1. The minimum atomic E-state index is 0.443. The predicted octanol–water partition coefficient (Wildman–Crippen LogP) is 0.717. The van der Waals surface area contributed by atoms with Gasteiger partial charge in [-0.2, -0.15) is 10.2 Å². The third kappa shape index (κ3) is 5.70. The lowest BCUT2D eigenvalue weighted by molar-refractivity contribution is 0.967. The number of hydrogen-bond acceptors (Lipinski definition) is 5. The van der Waals surface area contributed by atoms with Crippen LogP contribution in [0.25, 0.3) is 0 Å². The fraction of sp³-hybridized carbons (Fsp3) is 0.308. The van der Waals surface area contributed by atoms with Gasteiger partial charge in [-0.25, -0.2) is 4.98 Å². The van der Waals surface area contributed by atoms with E-state index in [0.29, 0.717) is 21.6 Å². The average molecular weight is 337 g/mol. The van der Waals surface area contributed by atoms with E-state index in [2.05, 4.69) is 36.7 Å². The molecule has 0 amide bonds. The Labute approximate surface area is 140 Å². The summed E-state index contributed by atoms with van der Waals surface area (Å²) in [7, 11) is 3.45. The van der Waals surface area contributed by atoms with E-state index in [-0.39, 0.29) is 0 Å². The van der Waals surface area contributed by atoms with Gasteiger partial charge < -0.3 is 10.6 Å². The molecule has 0 unspecified atom stereocenters. The van der Waals surface area contributed by atoms with E-state index in [0.717, 1.165) is 11.4 Å². The Hall–Kier alpha value is -2.13. The molecule has 0 bridgehead atoms. The molecule has 0 aliphatic rings. The van der Waals surface area contributed by atoms with Gasteiger partial charge in [-0.15, -0.1) is 0 Å². The lowest BCUT2D eigenvalue weighted by Crippen LogP contribution is -2.29. The summed E-state index contributed by atoms with van der Waals surface area (Å²) in [5.74, 6) is 0. The van der Waals surface area contributed by atoms with Crippen molar-refractivity contribution < 1.29 is 0 Å². The maximum absolute atomic E-state index is 4.97. The number of rotatable bonds is 4. The summed E-state index contributed by atoms with van der Waals surface area (Å²) in [6, 6.07) is 5.62. The van der Waals surface area contributed by atoms with E-state index in [1.54, 1.807) is 14.1 Å². The van der Waals surface area contributed by atoms with Crippen LogP contribution in [0.5, 0.6) is 0 Å². The van der Waals surface area contributed by atoms with Gasteiger partial charge in [0.25, 0.3) is 0 Å². The molecule has 1 aromatic rings. The first-order chi connectivity index (χ1) is 10.5. The topological polar surface area (TPSA) is 85.7 Å². The van der Waals surface area contributed by atoms with Crippen LogP contribution in [0.2, 0.25) is 0 Å². The Morgan fingerprint density at radius 2 is 1.32 bits per heavy atom. The molecule has 0 radical (unpaired) electrons. The molecule has 4 N–H and O–H groups in total. The number of nitrogens with one attached hydrogen (secondary N) is 4. The number of thiocarbonyl (C=S) groups is 2. The first-order valence-electron chi connectivity index (χ1n) is 6.49. The number of hydrogen-bond donors (Lipinski definition) is 4. The van der Waals surface area contributed by atoms with Crippen LogP contribution in [0.1, 0.15) is 25.2 Å². The summed E-state index contributed by atoms with van der Waals surface area (Å²) in [4.78, 5) is 4.51. The van der Waals surface area contributed by atoms with Crippen molar-refractivity contribution in [1.82, 2.24) is 26.5 Å². The zero-order valence-corrected chi connectivity index (χ0v) is 14.5. The Morgan fingerprint density at radius 1 is 0.909 bits per heavy atom. The summed E-state index contributed by atoms with van der Waals surface area (Å²) in [5.41, 5.74) is 8.34. The van der Waals surface area contributed by atoms with Crippen molar-refractivity contribution in [3.8, 4) is 0 Å². The van der Waals surface area contributed by atoms with Crippen molar-refractivity contribution in [1.29, 1.82) is 0 Å². The molecule has 1 aromatic heterocycles. The van der Waals surface area contributed by atoms with Crippen LogP contribution in [0.15, 0.2) is 28.4 Å². The van der Waals surface area contributed by atoms with E-state index in [9.17, 15) is 0 Å². The zero-order valence-electron chi connectivity index (χ0n) is 12.9. The summed E-state index contributed by atoms with van der Waals surface area (Å²) < 4.78 is 0. The van der Waals surface area contributed by atoms with Crippen LogP contribution in [0, 0.1) is 0 Å². The van der Waals surface area contributed by atoms with E-state index in [1.807, 2.05) is 32.0 Å². The maximum atomic E-state index is 4.97.